The number of benzene rings is 2. The lowest BCUT2D eigenvalue weighted by molar-refractivity contribution is -0.130. The van der Waals surface area contributed by atoms with Crippen LogP contribution in [0.5, 0.6) is 0 Å². The molecule has 6 heteroatoms. The number of hydrogen-bond acceptors (Lipinski definition) is 4. The highest BCUT2D eigenvalue weighted by molar-refractivity contribution is 5.93. The molecule has 0 radical (unpaired) electrons. The summed E-state index contributed by atoms with van der Waals surface area (Å²) in [7, 11) is 0. The van der Waals surface area contributed by atoms with Crippen LogP contribution < -0.4 is 10.6 Å². The summed E-state index contributed by atoms with van der Waals surface area (Å²) in [5.74, 6) is -0.407. The van der Waals surface area contributed by atoms with Crippen LogP contribution in [0, 0.1) is 11.8 Å². The number of piperidine rings is 1. The first kappa shape index (κ1) is 23.1. The van der Waals surface area contributed by atoms with E-state index < -0.39 is 0 Å². The van der Waals surface area contributed by atoms with Crippen molar-refractivity contribution < 1.29 is 14.3 Å². The Kier molecular flexibility index (Phi) is 7.26. The van der Waals surface area contributed by atoms with Gasteiger partial charge in [-0.2, -0.15) is 0 Å². The summed E-state index contributed by atoms with van der Waals surface area (Å²) in [4.78, 5) is 28.6. The zero-order valence-electron chi connectivity index (χ0n) is 19.8. The number of likely N-dealkylation sites (tertiary alicyclic amines) is 1. The number of nitrogens with zero attached hydrogens (tertiary/aromatic N) is 1. The van der Waals surface area contributed by atoms with Gasteiger partial charge in [0.15, 0.2) is 0 Å². The number of rotatable bonds is 7. The van der Waals surface area contributed by atoms with Crippen molar-refractivity contribution in [2.75, 3.05) is 31.6 Å². The molecular formula is C28H35N3O3. The monoisotopic (exact) mass is 461 g/mol. The normalized spacial score (nSPS) is 24.5. The van der Waals surface area contributed by atoms with Crippen molar-refractivity contribution >= 4 is 17.5 Å². The lowest BCUT2D eigenvalue weighted by Gasteiger charge is -2.36. The second-order valence-electron chi connectivity index (χ2n) is 10.0. The fraction of sp³-hybridized carbons (Fsp3) is 0.500. The van der Waals surface area contributed by atoms with Gasteiger partial charge in [-0.1, -0.05) is 36.4 Å². The van der Waals surface area contributed by atoms with Crippen molar-refractivity contribution in [1.82, 2.24) is 10.2 Å². The second-order valence-corrected chi connectivity index (χ2v) is 10.0. The molecule has 5 rings (SSSR count). The summed E-state index contributed by atoms with van der Waals surface area (Å²) in [6, 6.07) is 16.5. The Morgan fingerprint density at radius 3 is 2.53 bits per heavy atom. The zero-order chi connectivity index (χ0) is 23.3. The molecular weight excluding hydrogens is 426 g/mol. The van der Waals surface area contributed by atoms with Gasteiger partial charge in [-0.15, -0.1) is 0 Å². The molecule has 6 nitrogen and oxygen atoms in total. The molecule has 2 heterocycles. The number of fused-ring (bicyclic) bond motifs is 1. The molecule has 2 aromatic carbocycles. The predicted octanol–water partition coefficient (Wildman–Crippen LogP) is 3.55. The first-order valence-corrected chi connectivity index (χ1v) is 12.7. The third-order valence-corrected chi connectivity index (χ3v) is 7.41. The van der Waals surface area contributed by atoms with Crippen molar-refractivity contribution in [2.45, 2.75) is 51.2 Å². The fourth-order valence-electron chi connectivity index (χ4n) is 5.60. The maximum atomic E-state index is 13.3. The Bertz CT molecular complexity index is 1000. The van der Waals surface area contributed by atoms with Crippen molar-refractivity contribution in [2.24, 2.45) is 11.8 Å². The molecule has 0 saturated carbocycles. The number of amides is 2. The molecule has 2 fully saturated rings. The van der Waals surface area contributed by atoms with E-state index in [4.69, 9.17) is 4.74 Å². The molecule has 34 heavy (non-hydrogen) atoms. The maximum absolute atomic E-state index is 13.3. The minimum absolute atomic E-state index is 0.00707. The Labute approximate surface area is 202 Å². The summed E-state index contributed by atoms with van der Waals surface area (Å²) >= 11 is 0. The molecule has 2 N–H and O–H groups in total. The van der Waals surface area contributed by atoms with Crippen molar-refractivity contribution in [1.29, 1.82) is 0 Å². The van der Waals surface area contributed by atoms with Gasteiger partial charge < -0.3 is 15.4 Å². The minimum atomic E-state index is -0.232. The quantitative estimate of drug-likeness (QED) is 0.662. The van der Waals surface area contributed by atoms with Crippen LogP contribution in [0.2, 0.25) is 0 Å². The van der Waals surface area contributed by atoms with Gasteiger partial charge >= 0.3 is 0 Å². The standard InChI is InChI=1S/C28H35N3O3/c32-27(29-16-26-10-5-13-34-26)23-14-24(19-31(18-23)17-20-6-2-1-3-7-20)28(33)30-25-12-11-21-8-4-9-22(21)15-25/h1-3,6-7,11-12,15,23-24,26H,4-5,8-10,13-14,16-19H2,(H,29,32)(H,30,33)/t23-,24+,26-/m0/s1. The summed E-state index contributed by atoms with van der Waals surface area (Å²) in [5.41, 5.74) is 4.80. The van der Waals surface area contributed by atoms with Crippen molar-refractivity contribution in [3.05, 3.63) is 65.2 Å². The molecule has 180 valence electrons. The van der Waals surface area contributed by atoms with E-state index in [2.05, 4.69) is 39.8 Å². The Morgan fingerprint density at radius 2 is 1.74 bits per heavy atom. The van der Waals surface area contributed by atoms with Crippen molar-refractivity contribution in [3.8, 4) is 0 Å². The van der Waals surface area contributed by atoms with E-state index in [1.54, 1.807) is 0 Å². The smallest absolute Gasteiger partial charge is 0.228 e. The lowest BCUT2D eigenvalue weighted by Crippen LogP contribution is -2.49. The van der Waals surface area contributed by atoms with Crippen LogP contribution in [-0.2, 0) is 33.7 Å². The predicted molar refractivity (Wildman–Crippen MR) is 132 cm³/mol. The highest BCUT2D eigenvalue weighted by atomic mass is 16.5. The maximum Gasteiger partial charge on any atom is 0.228 e. The number of aryl methyl sites for hydroxylation is 2. The van der Waals surface area contributed by atoms with Gasteiger partial charge in [0.25, 0.3) is 0 Å². The molecule has 2 aliphatic heterocycles. The Hall–Kier alpha value is -2.70. The first-order valence-electron chi connectivity index (χ1n) is 12.7. The minimum Gasteiger partial charge on any atom is -0.376 e. The van der Waals surface area contributed by atoms with Crippen LogP contribution in [-0.4, -0.2) is 49.1 Å². The summed E-state index contributed by atoms with van der Waals surface area (Å²) in [5, 5.41) is 6.24. The van der Waals surface area contributed by atoms with Crippen LogP contribution >= 0.6 is 0 Å². The van der Waals surface area contributed by atoms with Crippen LogP contribution in [0.15, 0.2) is 48.5 Å². The topological polar surface area (TPSA) is 70.7 Å². The summed E-state index contributed by atoms with van der Waals surface area (Å²) in [6.45, 7) is 3.38. The van der Waals surface area contributed by atoms with E-state index in [9.17, 15) is 9.59 Å². The van der Waals surface area contributed by atoms with E-state index in [1.165, 1.54) is 23.1 Å². The number of nitrogens with one attached hydrogen (secondary N) is 2. The van der Waals surface area contributed by atoms with Gasteiger partial charge in [-0.05, 0) is 67.3 Å². The van der Waals surface area contributed by atoms with Crippen LogP contribution in [0.25, 0.3) is 0 Å². The zero-order valence-corrected chi connectivity index (χ0v) is 19.8. The first-order chi connectivity index (χ1) is 16.6. The van der Waals surface area contributed by atoms with Gasteiger partial charge in [-0.3, -0.25) is 14.5 Å². The highest BCUT2D eigenvalue weighted by Gasteiger charge is 2.35. The molecule has 2 saturated heterocycles. The number of carbonyl (C=O) groups excluding carboxylic acids is 2. The van der Waals surface area contributed by atoms with Gasteiger partial charge in [0, 0.05) is 38.5 Å². The number of ether oxygens (including phenoxy) is 1. The average Bonchev–Trinajstić information content (AvgIpc) is 3.55. The van der Waals surface area contributed by atoms with E-state index in [-0.39, 0.29) is 29.8 Å². The van der Waals surface area contributed by atoms with Gasteiger partial charge in [0.1, 0.15) is 0 Å². The molecule has 2 aromatic rings. The number of carbonyl (C=O) groups is 2. The molecule has 1 aliphatic carbocycles. The second kappa shape index (κ2) is 10.7. The lowest BCUT2D eigenvalue weighted by atomic mass is 9.87. The molecule has 0 unspecified atom stereocenters. The average molecular weight is 462 g/mol. The molecule has 3 atom stereocenters. The molecule has 0 aromatic heterocycles. The van der Waals surface area contributed by atoms with E-state index >= 15 is 0 Å². The summed E-state index contributed by atoms with van der Waals surface area (Å²) in [6.07, 6.45) is 6.14. The highest BCUT2D eigenvalue weighted by Crippen LogP contribution is 2.28. The van der Waals surface area contributed by atoms with Crippen LogP contribution in [0.4, 0.5) is 5.69 Å². The Balaban J connectivity index is 1.26. The van der Waals surface area contributed by atoms with Crippen molar-refractivity contribution in [3.63, 3.8) is 0 Å². The fourth-order valence-corrected chi connectivity index (χ4v) is 5.60. The molecule has 3 aliphatic rings. The Morgan fingerprint density at radius 1 is 0.941 bits per heavy atom. The van der Waals surface area contributed by atoms with E-state index in [0.29, 0.717) is 26.1 Å². The largest absolute Gasteiger partial charge is 0.376 e. The van der Waals surface area contributed by atoms with Gasteiger partial charge in [0.05, 0.1) is 17.9 Å². The van der Waals surface area contributed by atoms with Gasteiger partial charge in [-0.25, -0.2) is 0 Å². The SMILES string of the molecule is O=C(NC[C@@H]1CCCO1)[C@H]1C[C@@H](C(=O)Nc2ccc3c(c2)CCC3)CN(Cc2ccccc2)C1. The van der Waals surface area contributed by atoms with Crippen LogP contribution in [0.3, 0.4) is 0 Å². The third-order valence-electron chi connectivity index (χ3n) is 7.41. The van der Waals surface area contributed by atoms with E-state index in [1.807, 2.05) is 24.3 Å². The van der Waals surface area contributed by atoms with Gasteiger partial charge in [0.2, 0.25) is 11.8 Å². The number of hydrogen-bond donors (Lipinski definition) is 2. The molecule has 2 amide bonds. The number of anilines is 1. The summed E-state index contributed by atoms with van der Waals surface area (Å²) < 4.78 is 5.66. The van der Waals surface area contributed by atoms with Crippen LogP contribution in [0.1, 0.15) is 42.4 Å². The van der Waals surface area contributed by atoms with E-state index in [0.717, 1.165) is 44.5 Å². The molecule has 0 bridgehead atoms. The third kappa shape index (κ3) is 5.68. The molecule has 0 spiro atoms.